The van der Waals surface area contributed by atoms with E-state index in [1.54, 1.807) is 0 Å². The molecule has 0 bridgehead atoms. The Bertz CT molecular complexity index is 434. The van der Waals surface area contributed by atoms with Gasteiger partial charge in [-0.2, -0.15) is 0 Å². The zero-order valence-electron chi connectivity index (χ0n) is 12.2. The van der Waals surface area contributed by atoms with Gasteiger partial charge in [0.1, 0.15) is 11.6 Å². The molecule has 1 aromatic carbocycles. The van der Waals surface area contributed by atoms with E-state index >= 15 is 0 Å². The van der Waals surface area contributed by atoms with Crippen molar-refractivity contribution in [2.45, 2.75) is 45.3 Å². The van der Waals surface area contributed by atoms with Crippen LogP contribution >= 0.6 is 0 Å². The molecular formula is C16H23F2NO. The summed E-state index contributed by atoms with van der Waals surface area (Å²) in [6.07, 6.45) is 3.17. The summed E-state index contributed by atoms with van der Waals surface area (Å²) >= 11 is 0. The van der Waals surface area contributed by atoms with Crippen LogP contribution in [0, 0.1) is 17.6 Å². The number of ether oxygens (including phenoxy) is 1. The second kappa shape index (κ2) is 7.14. The Morgan fingerprint density at radius 3 is 2.60 bits per heavy atom. The number of hydrogen-bond donors (Lipinski definition) is 1. The predicted octanol–water partition coefficient (Wildman–Crippen LogP) is 3.82. The largest absolute Gasteiger partial charge is 0.376 e. The number of hydrogen-bond acceptors (Lipinski definition) is 2. The highest BCUT2D eigenvalue weighted by atomic mass is 19.1. The highest BCUT2D eigenvalue weighted by Gasteiger charge is 2.38. The van der Waals surface area contributed by atoms with Gasteiger partial charge in [-0.05, 0) is 44.7 Å². The van der Waals surface area contributed by atoms with Crippen molar-refractivity contribution in [1.82, 2.24) is 5.32 Å². The highest BCUT2D eigenvalue weighted by Crippen LogP contribution is 2.40. The van der Waals surface area contributed by atoms with Gasteiger partial charge in [-0.25, -0.2) is 8.78 Å². The van der Waals surface area contributed by atoms with Gasteiger partial charge in [-0.1, -0.05) is 13.0 Å². The summed E-state index contributed by atoms with van der Waals surface area (Å²) in [6, 6.07) is 3.59. The van der Waals surface area contributed by atoms with E-state index in [-0.39, 0.29) is 12.1 Å². The molecule has 4 heteroatoms. The van der Waals surface area contributed by atoms with Gasteiger partial charge < -0.3 is 10.1 Å². The number of halogens is 2. The van der Waals surface area contributed by atoms with Crippen LogP contribution in [0.15, 0.2) is 18.2 Å². The molecular weight excluding hydrogens is 260 g/mol. The molecule has 2 nitrogen and oxygen atoms in total. The molecule has 1 N–H and O–H groups in total. The average molecular weight is 283 g/mol. The summed E-state index contributed by atoms with van der Waals surface area (Å²) in [5.74, 6) is -0.558. The van der Waals surface area contributed by atoms with Crippen LogP contribution in [0.5, 0.6) is 0 Å². The third-order valence-corrected chi connectivity index (χ3v) is 3.69. The second-order valence-corrected chi connectivity index (χ2v) is 5.36. The Morgan fingerprint density at radius 2 is 2.05 bits per heavy atom. The molecule has 0 aliphatic heterocycles. The van der Waals surface area contributed by atoms with Gasteiger partial charge in [-0.15, -0.1) is 0 Å². The van der Waals surface area contributed by atoms with Crippen molar-refractivity contribution < 1.29 is 13.5 Å². The first kappa shape index (κ1) is 15.4. The third kappa shape index (κ3) is 3.76. The molecule has 0 aromatic heterocycles. The topological polar surface area (TPSA) is 21.3 Å². The van der Waals surface area contributed by atoms with E-state index in [4.69, 9.17) is 4.74 Å². The fourth-order valence-corrected chi connectivity index (χ4v) is 2.58. The van der Waals surface area contributed by atoms with Crippen molar-refractivity contribution in [2.24, 2.45) is 5.92 Å². The molecule has 1 aromatic rings. The summed E-state index contributed by atoms with van der Waals surface area (Å²) in [5, 5.41) is 3.36. The van der Waals surface area contributed by atoms with Gasteiger partial charge >= 0.3 is 0 Å². The minimum atomic E-state index is -0.542. The summed E-state index contributed by atoms with van der Waals surface area (Å²) < 4.78 is 33.0. The lowest BCUT2D eigenvalue weighted by molar-refractivity contribution is 0.0177. The lowest BCUT2D eigenvalue weighted by Gasteiger charge is -2.29. The van der Waals surface area contributed by atoms with Crippen LogP contribution in [0.1, 0.15) is 44.7 Å². The van der Waals surface area contributed by atoms with Crippen LogP contribution in [-0.4, -0.2) is 19.3 Å². The zero-order chi connectivity index (χ0) is 14.5. The lowest BCUT2D eigenvalue weighted by atomic mass is 9.97. The maximum atomic E-state index is 14.1. The SMILES string of the molecule is CCCNC(c1ccc(F)cc1F)C(OCC)C1CC1. The van der Waals surface area contributed by atoms with Crippen molar-refractivity contribution in [3.63, 3.8) is 0 Å². The normalized spacial score (nSPS) is 18.0. The predicted molar refractivity (Wildman–Crippen MR) is 75.5 cm³/mol. The molecule has 2 atom stereocenters. The molecule has 2 unspecified atom stereocenters. The van der Waals surface area contributed by atoms with Crippen molar-refractivity contribution in [3.05, 3.63) is 35.4 Å². The number of benzene rings is 1. The molecule has 1 saturated carbocycles. The molecule has 112 valence electrons. The van der Waals surface area contributed by atoms with E-state index in [1.807, 2.05) is 6.92 Å². The number of nitrogens with one attached hydrogen (secondary N) is 1. The molecule has 0 amide bonds. The Hall–Kier alpha value is -1.00. The van der Waals surface area contributed by atoms with E-state index in [0.29, 0.717) is 18.1 Å². The van der Waals surface area contributed by atoms with Crippen molar-refractivity contribution >= 4 is 0 Å². The quantitative estimate of drug-likeness (QED) is 0.783. The van der Waals surface area contributed by atoms with Crippen LogP contribution in [0.3, 0.4) is 0 Å². The van der Waals surface area contributed by atoms with E-state index in [9.17, 15) is 8.78 Å². The third-order valence-electron chi connectivity index (χ3n) is 3.69. The fraction of sp³-hybridized carbons (Fsp3) is 0.625. The summed E-state index contributed by atoms with van der Waals surface area (Å²) in [4.78, 5) is 0. The van der Waals surface area contributed by atoms with Gasteiger partial charge in [0.25, 0.3) is 0 Å². The Balaban J connectivity index is 2.24. The van der Waals surface area contributed by atoms with Gasteiger partial charge in [0.05, 0.1) is 12.1 Å². The Labute approximate surface area is 119 Å². The van der Waals surface area contributed by atoms with Gasteiger partial charge in [0.2, 0.25) is 0 Å². The smallest absolute Gasteiger partial charge is 0.130 e. The highest BCUT2D eigenvalue weighted by molar-refractivity contribution is 5.24. The first-order valence-electron chi connectivity index (χ1n) is 7.47. The monoisotopic (exact) mass is 283 g/mol. The van der Waals surface area contributed by atoms with Crippen molar-refractivity contribution in [1.29, 1.82) is 0 Å². The summed E-state index contributed by atoms with van der Waals surface area (Å²) in [7, 11) is 0. The zero-order valence-corrected chi connectivity index (χ0v) is 12.2. The van der Waals surface area contributed by atoms with Gasteiger partial charge in [0, 0.05) is 18.2 Å². The lowest BCUT2D eigenvalue weighted by Crippen LogP contribution is -2.36. The van der Waals surface area contributed by atoms with Crippen LogP contribution in [-0.2, 0) is 4.74 Å². The van der Waals surface area contributed by atoms with Gasteiger partial charge in [-0.3, -0.25) is 0 Å². The first-order chi connectivity index (χ1) is 9.67. The van der Waals surface area contributed by atoms with E-state index in [0.717, 1.165) is 31.9 Å². The van der Waals surface area contributed by atoms with E-state index < -0.39 is 11.6 Å². The Morgan fingerprint density at radius 1 is 1.30 bits per heavy atom. The second-order valence-electron chi connectivity index (χ2n) is 5.36. The van der Waals surface area contributed by atoms with Crippen LogP contribution < -0.4 is 5.32 Å². The summed E-state index contributed by atoms with van der Waals surface area (Å²) in [5.41, 5.74) is 0.505. The minimum absolute atomic E-state index is 0.0356. The summed E-state index contributed by atoms with van der Waals surface area (Å²) in [6.45, 7) is 5.41. The first-order valence-corrected chi connectivity index (χ1v) is 7.47. The molecule has 0 heterocycles. The molecule has 1 aliphatic carbocycles. The molecule has 0 spiro atoms. The van der Waals surface area contributed by atoms with Crippen LogP contribution in [0.2, 0.25) is 0 Å². The maximum absolute atomic E-state index is 14.1. The van der Waals surface area contributed by atoms with Crippen molar-refractivity contribution in [2.75, 3.05) is 13.2 Å². The van der Waals surface area contributed by atoms with E-state index in [1.165, 1.54) is 12.1 Å². The molecule has 1 fully saturated rings. The molecule has 2 rings (SSSR count). The van der Waals surface area contributed by atoms with Crippen molar-refractivity contribution in [3.8, 4) is 0 Å². The standard InChI is InChI=1S/C16H23F2NO/c1-3-9-19-15(16(20-4-2)11-5-6-11)13-8-7-12(17)10-14(13)18/h7-8,10-11,15-16,19H,3-6,9H2,1-2H3. The Kier molecular flexibility index (Phi) is 5.49. The molecule has 0 saturated heterocycles. The minimum Gasteiger partial charge on any atom is -0.376 e. The van der Waals surface area contributed by atoms with Gasteiger partial charge in [0.15, 0.2) is 0 Å². The molecule has 1 aliphatic rings. The average Bonchev–Trinajstić information content (AvgIpc) is 3.23. The number of rotatable bonds is 8. The van der Waals surface area contributed by atoms with Crippen LogP contribution in [0.25, 0.3) is 0 Å². The maximum Gasteiger partial charge on any atom is 0.130 e. The fourth-order valence-electron chi connectivity index (χ4n) is 2.58. The molecule has 0 radical (unpaired) electrons. The molecule has 20 heavy (non-hydrogen) atoms. The van der Waals surface area contributed by atoms with Crippen LogP contribution in [0.4, 0.5) is 8.78 Å². The van der Waals surface area contributed by atoms with E-state index in [2.05, 4.69) is 12.2 Å².